The van der Waals surface area contributed by atoms with Crippen LogP contribution in [0.25, 0.3) is 22.3 Å². The summed E-state index contributed by atoms with van der Waals surface area (Å²) in [5.74, 6) is -0.716. The number of halogens is 3. The SMILES string of the molecule is Fc1ccc(CNc2ccc(Cl)c(-c3ccnc4[nH]c(C5CCCNC5)cc34)n2)cc1F. The van der Waals surface area contributed by atoms with Crippen LogP contribution >= 0.6 is 11.6 Å². The Morgan fingerprint density at radius 1 is 1.09 bits per heavy atom. The van der Waals surface area contributed by atoms with Crippen molar-refractivity contribution in [2.75, 3.05) is 18.4 Å². The topological polar surface area (TPSA) is 65.6 Å². The highest BCUT2D eigenvalue weighted by atomic mass is 35.5. The molecule has 3 N–H and O–H groups in total. The molecule has 0 amide bonds. The number of fused-ring (bicyclic) bond motifs is 1. The lowest BCUT2D eigenvalue weighted by Gasteiger charge is -2.21. The molecule has 4 heterocycles. The van der Waals surface area contributed by atoms with Crippen LogP contribution in [-0.4, -0.2) is 28.0 Å². The third-order valence-electron chi connectivity index (χ3n) is 5.85. The number of nitrogens with zero attached hydrogens (tertiary/aromatic N) is 2. The number of rotatable bonds is 5. The second kappa shape index (κ2) is 8.84. The number of hydrogen-bond acceptors (Lipinski definition) is 4. The van der Waals surface area contributed by atoms with E-state index in [0.717, 1.165) is 54.3 Å². The summed E-state index contributed by atoms with van der Waals surface area (Å²) >= 11 is 6.52. The lowest BCUT2D eigenvalue weighted by atomic mass is 9.96. The maximum atomic E-state index is 13.5. The van der Waals surface area contributed by atoms with E-state index < -0.39 is 11.6 Å². The van der Waals surface area contributed by atoms with Gasteiger partial charge in [-0.05, 0) is 61.3 Å². The summed E-state index contributed by atoms with van der Waals surface area (Å²) in [7, 11) is 0. The predicted molar refractivity (Wildman–Crippen MR) is 123 cm³/mol. The van der Waals surface area contributed by atoms with Gasteiger partial charge in [-0.15, -0.1) is 0 Å². The molecule has 1 fully saturated rings. The van der Waals surface area contributed by atoms with Gasteiger partial charge in [0.05, 0.1) is 10.7 Å². The van der Waals surface area contributed by atoms with Crippen LogP contribution in [0.3, 0.4) is 0 Å². The lowest BCUT2D eigenvalue weighted by molar-refractivity contribution is 0.456. The molecule has 0 bridgehead atoms. The molecule has 1 aromatic carbocycles. The summed E-state index contributed by atoms with van der Waals surface area (Å²) in [6, 6.07) is 11.4. The molecule has 0 aliphatic carbocycles. The van der Waals surface area contributed by atoms with Gasteiger partial charge >= 0.3 is 0 Å². The van der Waals surface area contributed by atoms with E-state index in [2.05, 4.69) is 26.7 Å². The maximum absolute atomic E-state index is 13.5. The van der Waals surface area contributed by atoms with Gasteiger partial charge in [0.25, 0.3) is 0 Å². The van der Waals surface area contributed by atoms with Crippen LogP contribution in [0.2, 0.25) is 5.02 Å². The Hall–Kier alpha value is -3.03. The van der Waals surface area contributed by atoms with Crippen LogP contribution in [-0.2, 0) is 6.54 Å². The Labute approximate surface area is 189 Å². The van der Waals surface area contributed by atoms with Crippen LogP contribution in [0.4, 0.5) is 14.6 Å². The first-order valence-corrected chi connectivity index (χ1v) is 11.0. The normalized spacial score (nSPS) is 16.4. The second-order valence-corrected chi connectivity index (χ2v) is 8.42. The molecule has 164 valence electrons. The number of pyridine rings is 2. The van der Waals surface area contributed by atoms with E-state index in [1.54, 1.807) is 18.3 Å². The molecule has 1 unspecified atom stereocenters. The van der Waals surface area contributed by atoms with E-state index in [9.17, 15) is 8.78 Å². The van der Waals surface area contributed by atoms with Crippen molar-refractivity contribution in [3.05, 3.63) is 76.6 Å². The number of aromatic nitrogens is 3. The Morgan fingerprint density at radius 2 is 2.00 bits per heavy atom. The first kappa shape index (κ1) is 20.8. The fourth-order valence-corrected chi connectivity index (χ4v) is 4.37. The van der Waals surface area contributed by atoms with Gasteiger partial charge in [0.2, 0.25) is 0 Å². The van der Waals surface area contributed by atoms with Crippen molar-refractivity contribution in [1.29, 1.82) is 0 Å². The number of H-pyrrole nitrogens is 1. The number of hydrogen-bond donors (Lipinski definition) is 3. The first-order valence-electron chi connectivity index (χ1n) is 10.6. The average molecular weight is 454 g/mol. The zero-order chi connectivity index (χ0) is 22.1. The molecule has 0 saturated carbocycles. The largest absolute Gasteiger partial charge is 0.366 e. The van der Waals surface area contributed by atoms with Gasteiger partial charge in [0, 0.05) is 41.8 Å². The third kappa shape index (κ3) is 4.18. The fraction of sp³-hybridized carbons (Fsp3) is 0.250. The van der Waals surface area contributed by atoms with E-state index in [-0.39, 0.29) is 0 Å². The van der Waals surface area contributed by atoms with Crippen molar-refractivity contribution in [3.63, 3.8) is 0 Å². The number of aromatic amines is 1. The van der Waals surface area contributed by atoms with Crippen molar-refractivity contribution in [2.45, 2.75) is 25.3 Å². The van der Waals surface area contributed by atoms with Crippen molar-refractivity contribution >= 4 is 28.5 Å². The van der Waals surface area contributed by atoms with Gasteiger partial charge in [0.15, 0.2) is 11.6 Å². The van der Waals surface area contributed by atoms with Crippen LogP contribution in [0, 0.1) is 11.6 Å². The van der Waals surface area contributed by atoms with E-state index in [4.69, 9.17) is 16.6 Å². The van der Waals surface area contributed by atoms with E-state index >= 15 is 0 Å². The minimum atomic E-state index is -0.871. The molecule has 5 rings (SSSR count). The molecule has 1 saturated heterocycles. The van der Waals surface area contributed by atoms with Crippen molar-refractivity contribution in [1.82, 2.24) is 20.3 Å². The quantitative estimate of drug-likeness (QED) is 0.366. The summed E-state index contributed by atoms with van der Waals surface area (Å²) in [4.78, 5) is 12.7. The molecule has 1 aliphatic heterocycles. The lowest BCUT2D eigenvalue weighted by Crippen LogP contribution is -2.28. The highest BCUT2D eigenvalue weighted by Gasteiger charge is 2.19. The Morgan fingerprint density at radius 3 is 2.81 bits per heavy atom. The summed E-state index contributed by atoms with van der Waals surface area (Å²) in [5.41, 5.74) is 4.12. The summed E-state index contributed by atoms with van der Waals surface area (Å²) in [6.45, 7) is 2.31. The molecule has 3 aromatic heterocycles. The maximum Gasteiger partial charge on any atom is 0.159 e. The highest BCUT2D eigenvalue weighted by Crippen LogP contribution is 2.34. The molecular formula is C24H22ClF2N5. The Balaban J connectivity index is 1.45. The van der Waals surface area contributed by atoms with Gasteiger partial charge in [-0.1, -0.05) is 17.7 Å². The summed E-state index contributed by atoms with van der Waals surface area (Å²) in [5, 5.41) is 8.11. The van der Waals surface area contributed by atoms with Crippen LogP contribution in [0.15, 0.2) is 48.7 Å². The average Bonchev–Trinajstić information content (AvgIpc) is 3.26. The molecule has 1 aliphatic rings. The molecule has 0 spiro atoms. The molecule has 1 atom stereocenters. The minimum Gasteiger partial charge on any atom is -0.366 e. The molecule has 32 heavy (non-hydrogen) atoms. The molecule has 8 heteroatoms. The van der Waals surface area contributed by atoms with E-state index in [1.807, 2.05) is 6.07 Å². The van der Waals surface area contributed by atoms with Crippen molar-refractivity contribution < 1.29 is 8.78 Å². The standard InChI is InChI=1S/C24H22ClF2N5/c25-18-4-6-22(30-12-14-3-5-19(26)20(27)10-14)32-23(18)16-7-9-29-24-17(16)11-21(31-24)15-2-1-8-28-13-15/h3-7,9-11,15,28H,1-2,8,12-13H2,(H,29,31)(H,30,32). The van der Waals surface area contributed by atoms with Gasteiger partial charge in [0.1, 0.15) is 11.5 Å². The fourth-order valence-electron chi connectivity index (χ4n) is 4.16. The van der Waals surface area contributed by atoms with Gasteiger partial charge in [-0.2, -0.15) is 0 Å². The number of nitrogens with one attached hydrogen (secondary N) is 3. The zero-order valence-corrected chi connectivity index (χ0v) is 18.0. The van der Waals surface area contributed by atoms with E-state index in [0.29, 0.717) is 34.6 Å². The van der Waals surface area contributed by atoms with Crippen LogP contribution in [0.5, 0.6) is 0 Å². The van der Waals surface area contributed by atoms with Gasteiger partial charge in [-0.3, -0.25) is 0 Å². The molecule has 5 nitrogen and oxygen atoms in total. The summed E-state index contributed by atoms with van der Waals surface area (Å²) < 4.78 is 26.6. The smallest absolute Gasteiger partial charge is 0.159 e. The van der Waals surface area contributed by atoms with Crippen LogP contribution in [0.1, 0.15) is 30.0 Å². The second-order valence-electron chi connectivity index (χ2n) is 8.02. The number of anilines is 1. The molecule has 4 aromatic rings. The predicted octanol–water partition coefficient (Wildman–Crippen LogP) is 5.64. The molecule has 0 radical (unpaired) electrons. The van der Waals surface area contributed by atoms with Gasteiger partial charge in [-0.25, -0.2) is 18.7 Å². The number of benzene rings is 1. The molecular weight excluding hydrogens is 432 g/mol. The zero-order valence-electron chi connectivity index (χ0n) is 17.3. The Kier molecular flexibility index (Phi) is 5.76. The first-order chi connectivity index (χ1) is 15.6. The van der Waals surface area contributed by atoms with E-state index in [1.165, 1.54) is 12.1 Å². The monoisotopic (exact) mass is 453 g/mol. The number of piperidine rings is 1. The van der Waals surface area contributed by atoms with Crippen molar-refractivity contribution in [3.8, 4) is 11.3 Å². The highest BCUT2D eigenvalue weighted by molar-refractivity contribution is 6.33. The van der Waals surface area contributed by atoms with Gasteiger partial charge < -0.3 is 15.6 Å². The third-order valence-corrected chi connectivity index (χ3v) is 6.15. The minimum absolute atomic E-state index is 0.306. The van der Waals surface area contributed by atoms with Crippen molar-refractivity contribution in [2.24, 2.45) is 0 Å². The summed E-state index contributed by atoms with van der Waals surface area (Å²) in [6.07, 6.45) is 4.04. The van der Waals surface area contributed by atoms with Crippen LogP contribution < -0.4 is 10.6 Å². The Bertz CT molecular complexity index is 1270.